The minimum Gasteiger partial charge on any atom is -0.342 e. The number of nitrogens with one attached hydrogen (secondary N) is 2. The first kappa shape index (κ1) is 15.8. The van der Waals surface area contributed by atoms with Gasteiger partial charge >= 0.3 is 0 Å². The topological polar surface area (TPSA) is 58.2 Å². The fourth-order valence-electron chi connectivity index (χ4n) is 2.54. The fourth-order valence-corrected chi connectivity index (χ4v) is 4.98. The van der Waals surface area contributed by atoms with E-state index < -0.39 is 9.84 Å². The molecular weight excluding hydrogens is 328 g/mol. The molecule has 0 radical (unpaired) electrons. The van der Waals surface area contributed by atoms with Crippen LogP contribution in [0.15, 0.2) is 53.0 Å². The van der Waals surface area contributed by atoms with Crippen molar-refractivity contribution in [3.05, 3.63) is 59.9 Å². The largest absolute Gasteiger partial charge is 0.342 e. The van der Waals surface area contributed by atoms with Crippen LogP contribution in [-0.4, -0.2) is 14.7 Å². The van der Waals surface area contributed by atoms with Gasteiger partial charge in [-0.25, -0.2) is 8.42 Å². The number of allylic oxidation sites excluding steroid dienone is 1. The molecule has 0 fully saturated rings. The highest BCUT2D eigenvalue weighted by Crippen LogP contribution is 2.40. The maximum atomic E-state index is 12.0. The number of fused-ring (bicyclic) bond motifs is 1. The van der Waals surface area contributed by atoms with E-state index in [2.05, 4.69) is 17.2 Å². The van der Waals surface area contributed by atoms with Crippen molar-refractivity contribution in [1.29, 1.82) is 0 Å². The van der Waals surface area contributed by atoms with Crippen LogP contribution in [-0.2, 0) is 16.3 Å². The van der Waals surface area contributed by atoms with Gasteiger partial charge in [-0.1, -0.05) is 36.9 Å². The first-order valence-electron chi connectivity index (χ1n) is 7.25. The molecule has 1 aliphatic rings. The van der Waals surface area contributed by atoms with E-state index in [0.29, 0.717) is 10.0 Å². The number of benzene rings is 1. The molecule has 0 bridgehead atoms. The summed E-state index contributed by atoms with van der Waals surface area (Å²) in [7, 11) is -3.24. The second-order valence-electron chi connectivity index (χ2n) is 5.42. The molecule has 0 saturated carbocycles. The third-order valence-electron chi connectivity index (χ3n) is 3.53. The molecule has 6 heteroatoms. The molecule has 0 saturated heterocycles. The van der Waals surface area contributed by atoms with Gasteiger partial charge < -0.3 is 10.6 Å². The lowest BCUT2D eigenvalue weighted by Crippen LogP contribution is -2.08. The number of thiophene rings is 1. The molecule has 0 aliphatic heterocycles. The Hall–Kier alpha value is -2.05. The third kappa shape index (κ3) is 3.48. The molecule has 1 aliphatic carbocycles. The molecule has 0 amide bonds. The number of rotatable bonds is 5. The van der Waals surface area contributed by atoms with E-state index in [1.807, 2.05) is 42.5 Å². The summed E-state index contributed by atoms with van der Waals surface area (Å²) >= 11 is 1.27. The van der Waals surface area contributed by atoms with Crippen LogP contribution in [0.5, 0.6) is 0 Å². The molecule has 1 aromatic heterocycles. The summed E-state index contributed by atoms with van der Waals surface area (Å²) in [5.74, 6) is 0.620. The molecule has 2 aromatic rings. The van der Waals surface area contributed by atoms with Crippen LogP contribution in [0, 0.1) is 0 Å². The maximum absolute atomic E-state index is 12.0. The van der Waals surface area contributed by atoms with E-state index in [0.717, 1.165) is 34.7 Å². The average Bonchev–Trinajstić information content (AvgIpc) is 2.87. The monoisotopic (exact) mass is 346 g/mol. The first-order chi connectivity index (χ1) is 10.9. The van der Waals surface area contributed by atoms with Crippen molar-refractivity contribution in [2.75, 3.05) is 16.9 Å². The molecular formula is C17H18N2O2S2. The van der Waals surface area contributed by atoms with Gasteiger partial charge in [0.15, 0.2) is 9.84 Å². The van der Waals surface area contributed by atoms with Crippen molar-refractivity contribution in [2.45, 2.75) is 17.1 Å². The molecule has 0 unspecified atom stereocenters. The summed E-state index contributed by atoms with van der Waals surface area (Å²) < 4.78 is 24.4. The number of hydrogen-bond donors (Lipinski definition) is 2. The quantitative estimate of drug-likeness (QED) is 0.855. The minimum absolute atomic E-state index is 0.415. The van der Waals surface area contributed by atoms with Gasteiger partial charge in [0.05, 0.1) is 5.00 Å². The summed E-state index contributed by atoms with van der Waals surface area (Å²) in [6.07, 6.45) is 6.93. The molecule has 0 atom stereocenters. The Kier molecular flexibility index (Phi) is 4.28. The molecule has 1 aromatic carbocycles. The van der Waals surface area contributed by atoms with Gasteiger partial charge in [0.1, 0.15) is 10.0 Å². The van der Waals surface area contributed by atoms with Gasteiger partial charge in [-0.15, -0.1) is 11.3 Å². The van der Waals surface area contributed by atoms with Crippen molar-refractivity contribution >= 4 is 37.9 Å². The summed E-state index contributed by atoms with van der Waals surface area (Å²) in [5, 5.41) is 7.25. The highest BCUT2D eigenvalue weighted by atomic mass is 32.2. The van der Waals surface area contributed by atoms with Gasteiger partial charge in [0, 0.05) is 17.5 Å². The normalized spacial score (nSPS) is 13.4. The van der Waals surface area contributed by atoms with E-state index in [1.54, 1.807) is 0 Å². The molecule has 1 heterocycles. The van der Waals surface area contributed by atoms with Crippen molar-refractivity contribution in [3.63, 3.8) is 0 Å². The molecule has 23 heavy (non-hydrogen) atoms. The number of para-hydroxylation sites is 1. The van der Waals surface area contributed by atoms with Gasteiger partial charge in [0.25, 0.3) is 0 Å². The number of sulfone groups is 1. The van der Waals surface area contributed by atoms with E-state index >= 15 is 0 Å². The SMILES string of the molecule is C=C(Nc1ccccc1)Nc1sc(S(C)(=O)=O)c2c1CCC=C2. The second kappa shape index (κ2) is 6.22. The number of hydrogen-bond acceptors (Lipinski definition) is 5. The lowest BCUT2D eigenvalue weighted by Gasteiger charge is -2.13. The zero-order valence-corrected chi connectivity index (χ0v) is 14.4. The van der Waals surface area contributed by atoms with E-state index in [9.17, 15) is 8.42 Å². The fraction of sp³-hybridized carbons (Fsp3) is 0.176. The highest BCUT2D eigenvalue weighted by molar-refractivity contribution is 7.93. The summed E-state index contributed by atoms with van der Waals surface area (Å²) in [5.41, 5.74) is 2.80. The predicted octanol–water partition coefficient (Wildman–Crippen LogP) is 4.11. The van der Waals surface area contributed by atoms with E-state index in [1.165, 1.54) is 17.6 Å². The Bertz CT molecular complexity index is 865. The molecule has 2 N–H and O–H groups in total. The molecule has 4 nitrogen and oxygen atoms in total. The summed E-state index contributed by atoms with van der Waals surface area (Å²) in [6, 6.07) is 9.72. The standard InChI is InChI=1S/C17H18N2O2S2/c1-12(18-13-8-4-3-5-9-13)19-16-14-10-6-7-11-15(14)17(22-16)23(2,20)21/h3-5,7-9,11,18-19H,1,6,10H2,2H3. The zero-order valence-electron chi connectivity index (χ0n) is 12.8. The van der Waals surface area contributed by atoms with E-state index in [4.69, 9.17) is 0 Å². The van der Waals surface area contributed by atoms with Crippen LogP contribution in [0.3, 0.4) is 0 Å². The number of anilines is 2. The molecule has 120 valence electrons. The van der Waals surface area contributed by atoms with Gasteiger partial charge in [-0.3, -0.25) is 0 Å². The van der Waals surface area contributed by atoms with Crippen LogP contribution in [0.25, 0.3) is 6.08 Å². The molecule has 3 rings (SSSR count). The third-order valence-corrected chi connectivity index (χ3v) is 6.54. The zero-order chi connectivity index (χ0) is 16.4. The minimum atomic E-state index is -3.24. The Labute approximate surface area is 140 Å². The van der Waals surface area contributed by atoms with Crippen LogP contribution < -0.4 is 10.6 Å². The van der Waals surface area contributed by atoms with Gasteiger partial charge in [-0.05, 0) is 30.5 Å². The Balaban J connectivity index is 1.87. The Morgan fingerprint density at radius 2 is 1.96 bits per heavy atom. The predicted molar refractivity (Wildman–Crippen MR) is 97.6 cm³/mol. The van der Waals surface area contributed by atoms with Crippen molar-refractivity contribution < 1.29 is 8.42 Å². The Morgan fingerprint density at radius 3 is 2.65 bits per heavy atom. The van der Waals surface area contributed by atoms with Crippen LogP contribution >= 0.6 is 11.3 Å². The van der Waals surface area contributed by atoms with Gasteiger partial charge in [-0.2, -0.15) is 0 Å². The first-order valence-corrected chi connectivity index (χ1v) is 9.96. The second-order valence-corrected chi connectivity index (χ2v) is 8.65. The Morgan fingerprint density at radius 1 is 1.22 bits per heavy atom. The van der Waals surface area contributed by atoms with Crippen molar-refractivity contribution in [1.82, 2.24) is 0 Å². The summed E-state index contributed by atoms with van der Waals surface area (Å²) in [6.45, 7) is 3.98. The van der Waals surface area contributed by atoms with Crippen LogP contribution in [0.2, 0.25) is 0 Å². The lowest BCUT2D eigenvalue weighted by molar-refractivity contribution is 0.603. The van der Waals surface area contributed by atoms with Crippen molar-refractivity contribution in [2.24, 2.45) is 0 Å². The maximum Gasteiger partial charge on any atom is 0.185 e. The summed E-state index contributed by atoms with van der Waals surface area (Å²) in [4.78, 5) is 0. The smallest absolute Gasteiger partial charge is 0.185 e. The van der Waals surface area contributed by atoms with E-state index in [-0.39, 0.29) is 0 Å². The highest BCUT2D eigenvalue weighted by Gasteiger charge is 2.24. The van der Waals surface area contributed by atoms with Crippen molar-refractivity contribution in [3.8, 4) is 0 Å². The van der Waals surface area contributed by atoms with Crippen LogP contribution in [0.4, 0.5) is 10.7 Å². The lowest BCUT2D eigenvalue weighted by atomic mass is 10.0. The average molecular weight is 346 g/mol. The van der Waals surface area contributed by atoms with Gasteiger partial charge in [0.2, 0.25) is 0 Å². The molecule has 0 spiro atoms. The van der Waals surface area contributed by atoms with Crippen LogP contribution in [0.1, 0.15) is 17.5 Å².